The molecule has 0 aromatic heterocycles. The third-order valence-electron chi connectivity index (χ3n) is 1.88. The largest absolute Gasteiger partial charge is 0.243 e. The highest BCUT2D eigenvalue weighted by Crippen LogP contribution is 2.30. The molecule has 1 radical (unpaired) electrons. The summed E-state index contributed by atoms with van der Waals surface area (Å²) in [7, 11) is 0. The summed E-state index contributed by atoms with van der Waals surface area (Å²) in [5.41, 5.74) is -1.03. The van der Waals surface area contributed by atoms with Crippen molar-refractivity contribution >= 4 is 0 Å². The first-order valence-electron chi connectivity index (χ1n) is 4.14. The molecular formula is C9H17F2. The molecule has 0 saturated heterocycles. The standard InChI is InChI=1S/C9H17F2/c1-4-5-6-7-9(2,3)8(10)11/h8H,2,4-7H2,1,3H3. The van der Waals surface area contributed by atoms with Crippen LogP contribution in [0.2, 0.25) is 0 Å². The quantitative estimate of drug-likeness (QED) is 0.542. The molecule has 0 rings (SSSR count). The smallest absolute Gasteiger partial charge is 0.210 e. The van der Waals surface area contributed by atoms with Gasteiger partial charge in [0.25, 0.3) is 0 Å². The van der Waals surface area contributed by atoms with Crippen molar-refractivity contribution in [2.45, 2.75) is 46.0 Å². The van der Waals surface area contributed by atoms with Crippen molar-refractivity contribution in [3.63, 3.8) is 0 Å². The molecule has 0 aliphatic carbocycles. The monoisotopic (exact) mass is 163 g/mol. The van der Waals surface area contributed by atoms with Gasteiger partial charge in [0.05, 0.1) is 0 Å². The van der Waals surface area contributed by atoms with Crippen molar-refractivity contribution < 1.29 is 8.78 Å². The maximum absolute atomic E-state index is 12.2. The Morgan fingerprint density at radius 2 is 1.91 bits per heavy atom. The van der Waals surface area contributed by atoms with E-state index in [1.54, 1.807) is 0 Å². The summed E-state index contributed by atoms with van der Waals surface area (Å²) >= 11 is 0. The molecule has 0 fully saturated rings. The van der Waals surface area contributed by atoms with E-state index in [4.69, 9.17) is 0 Å². The SMILES string of the molecule is [CH2]C(C)(CCCCC)C(F)F. The molecule has 0 N–H and O–H groups in total. The zero-order valence-electron chi connectivity index (χ0n) is 7.37. The summed E-state index contributed by atoms with van der Waals surface area (Å²) in [6, 6.07) is 0. The molecular weight excluding hydrogens is 146 g/mol. The lowest BCUT2D eigenvalue weighted by molar-refractivity contribution is 0.0304. The highest BCUT2D eigenvalue weighted by molar-refractivity contribution is 4.78. The number of halogens is 2. The Bertz CT molecular complexity index is 97.7. The fourth-order valence-corrected chi connectivity index (χ4v) is 0.888. The van der Waals surface area contributed by atoms with E-state index in [1.807, 2.05) is 0 Å². The predicted molar refractivity (Wildman–Crippen MR) is 43.6 cm³/mol. The predicted octanol–water partition coefficient (Wildman–Crippen LogP) is 3.67. The minimum Gasteiger partial charge on any atom is -0.210 e. The summed E-state index contributed by atoms with van der Waals surface area (Å²) in [5.74, 6) is 0. The second-order valence-corrected chi connectivity index (χ2v) is 3.41. The van der Waals surface area contributed by atoms with Gasteiger partial charge in [0, 0.05) is 5.41 Å². The number of unbranched alkanes of at least 4 members (excludes halogenated alkanes) is 2. The second kappa shape index (κ2) is 4.68. The summed E-state index contributed by atoms with van der Waals surface area (Å²) in [6.45, 7) is 7.07. The lowest BCUT2D eigenvalue weighted by atomic mass is 9.87. The van der Waals surface area contributed by atoms with Crippen molar-refractivity contribution in [3.05, 3.63) is 6.92 Å². The molecule has 67 valence electrons. The van der Waals surface area contributed by atoms with Crippen molar-refractivity contribution in [2.75, 3.05) is 0 Å². The average molecular weight is 163 g/mol. The van der Waals surface area contributed by atoms with Gasteiger partial charge in [-0.1, -0.05) is 33.1 Å². The number of hydrogen-bond donors (Lipinski definition) is 0. The zero-order chi connectivity index (χ0) is 8.91. The first kappa shape index (κ1) is 10.9. The fraction of sp³-hybridized carbons (Fsp3) is 0.889. The van der Waals surface area contributed by atoms with Gasteiger partial charge in [-0.15, -0.1) is 0 Å². The van der Waals surface area contributed by atoms with Crippen LogP contribution in [0.25, 0.3) is 0 Å². The lowest BCUT2D eigenvalue weighted by Crippen LogP contribution is -2.21. The highest BCUT2D eigenvalue weighted by atomic mass is 19.3. The van der Waals surface area contributed by atoms with Gasteiger partial charge >= 0.3 is 0 Å². The Morgan fingerprint density at radius 3 is 2.27 bits per heavy atom. The molecule has 0 aliphatic rings. The van der Waals surface area contributed by atoms with E-state index in [0.717, 1.165) is 19.3 Å². The maximum Gasteiger partial charge on any atom is 0.243 e. The third-order valence-corrected chi connectivity index (χ3v) is 1.88. The Balaban J connectivity index is 3.55. The van der Waals surface area contributed by atoms with Crippen LogP contribution in [0.15, 0.2) is 0 Å². The Labute approximate surface area is 68.0 Å². The number of hydrogen-bond acceptors (Lipinski definition) is 0. The van der Waals surface area contributed by atoms with Crippen molar-refractivity contribution in [1.82, 2.24) is 0 Å². The van der Waals surface area contributed by atoms with Crippen molar-refractivity contribution in [3.8, 4) is 0 Å². The molecule has 1 unspecified atom stereocenters. The van der Waals surface area contributed by atoms with E-state index in [1.165, 1.54) is 6.92 Å². The summed E-state index contributed by atoms with van der Waals surface area (Å²) in [6.07, 6.45) is 1.19. The lowest BCUT2D eigenvalue weighted by Gasteiger charge is -2.22. The average Bonchev–Trinajstić information content (AvgIpc) is 1.88. The van der Waals surface area contributed by atoms with E-state index < -0.39 is 11.8 Å². The van der Waals surface area contributed by atoms with Crippen LogP contribution in [0.3, 0.4) is 0 Å². The summed E-state index contributed by atoms with van der Waals surface area (Å²) < 4.78 is 24.4. The van der Waals surface area contributed by atoms with E-state index in [-0.39, 0.29) is 0 Å². The molecule has 0 amide bonds. The molecule has 1 atom stereocenters. The first-order chi connectivity index (χ1) is 5.00. The van der Waals surface area contributed by atoms with Gasteiger partial charge in [-0.05, 0) is 13.3 Å². The minimum atomic E-state index is -2.29. The van der Waals surface area contributed by atoms with Gasteiger partial charge in [0.1, 0.15) is 0 Å². The highest BCUT2D eigenvalue weighted by Gasteiger charge is 2.28. The zero-order valence-corrected chi connectivity index (χ0v) is 7.37. The molecule has 0 saturated carbocycles. The van der Waals surface area contributed by atoms with Gasteiger partial charge in [-0.3, -0.25) is 0 Å². The van der Waals surface area contributed by atoms with Crippen LogP contribution < -0.4 is 0 Å². The first-order valence-corrected chi connectivity index (χ1v) is 4.14. The normalized spacial score (nSPS) is 12.5. The molecule has 0 aromatic carbocycles. The Morgan fingerprint density at radius 1 is 1.36 bits per heavy atom. The molecule has 0 spiro atoms. The van der Waals surface area contributed by atoms with Crippen LogP contribution in [0.4, 0.5) is 8.78 Å². The third kappa shape index (κ3) is 4.33. The molecule has 0 nitrogen and oxygen atoms in total. The van der Waals surface area contributed by atoms with E-state index in [0.29, 0.717) is 6.42 Å². The van der Waals surface area contributed by atoms with Crippen molar-refractivity contribution in [2.24, 2.45) is 5.41 Å². The second-order valence-electron chi connectivity index (χ2n) is 3.41. The van der Waals surface area contributed by atoms with Crippen LogP contribution >= 0.6 is 0 Å². The topological polar surface area (TPSA) is 0 Å². The van der Waals surface area contributed by atoms with Crippen LogP contribution in [-0.4, -0.2) is 6.43 Å². The molecule has 11 heavy (non-hydrogen) atoms. The van der Waals surface area contributed by atoms with Crippen molar-refractivity contribution in [1.29, 1.82) is 0 Å². The van der Waals surface area contributed by atoms with Gasteiger partial charge in [-0.2, -0.15) is 0 Å². The Hall–Kier alpha value is -0.140. The number of alkyl halides is 2. The van der Waals surface area contributed by atoms with Gasteiger partial charge in [0.15, 0.2) is 0 Å². The molecule has 0 aromatic rings. The Kier molecular flexibility index (Phi) is 4.62. The summed E-state index contributed by atoms with van der Waals surface area (Å²) in [5, 5.41) is 0. The number of rotatable bonds is 5. The van der Waals surface area contributed by atoms with E-state index in [9.17, 15) is 8.78 Å². The van der Waals surface area contributed by atoms with Crippen LogP contribution in [-0.2, 0) is 0 Å². The van der Waals surface area contributed by atoms with Crippen LogP contribution in [0, 0.1) is 12.3 Å². The van der Waals surface area contributed by atoms with E-state index >= 15 is 0 Å². The van der Waals surface area contributed by atoms with Gasteiger partial charge in [-0.25, -0.2) is 8.78 Å². The minimum absolute atomic E-state index is 0.526. The fourth-order valence-electron chi connectivity index (χ4n) is 0.888. The van der Waals surface area contributed by atoms with Crippen LogP contribution in [0.5, 0.6) is 0 Å². The van der Waals surface area contributed by atoms with E-state index in [2.05, 4.69) is 13.8 Å². The van der Waals surface area contributed by atoms with Gasteiger partial charge < -0.3 is 0 Å². The maximum atomic E-state index is 12.2. The summed E-state index contributed by atoms with van der Waals surface area (Å²) in [4.78, 5) is 0. The molecule has 2 heteroatoms. The van der Waals surface area contributed by atoms with Crippen LogP contribution in [0.1, 0.15) is 39.5 Å². The molecule has 0 heterocycles. The van der Waals surface area contributed by atoms with Gasteiger partial charge in [0.2, 0.25) is 6.43 Å². The molecule has 0 bridgehead atoms. The molecule has 0 aliphatic heterocycles.